The van der Waals surface area contributed by atoms with Gasteiger partial charge in [0.05, 0.1) is 11.3 Å². The van der Waals surface area contributed by atoms with Crippen LogP contribution in [0.2, 0.25) is 0 Å². The molecule has 2 atom stereocenters. The highest BCUT2D eigenvalue weighted by Crippen LogP contribution is 2.18. The molecule has 0 saturated heterocycles. The highest BCUT2D eigenvalue weighted by atomic mass is 16.2. The topological polar surface area (TPSA) is 87.3 Å². The number of amides is 3. The smallest absolute Gasteiger partial charge is 0.255 e. The van der Waals surface area contributed by atoms with Crippen LogP contribution in [0.25, 0.3) is 0 Å². The minimum Gasteiger partial charge on any atom is -0.340 e. The van der Waals surface area contributed by atoms with Gasteiger partial charge in [0.2, 0.25) is 5.91 Å². The zero-order valence-corrected chi connectivity index (χ0v) is 18.2. The fourth-order valence-corrected chi connectivity index (χ4v) is 3.24. The van der Waals surface area contributed by atoms with Gasteiger partial charge in [-0.25, -0.2) is 0 Å². The zero-order valence-electron chi connectivity index (χ0n) is 18.2. The predicted octanol–water partition coefficient (Wildman–Crippen LogP) is 4.72. The van der Waals surface area contributed by atoms with E-state index in [1.807, 2.05) is 38.1 Å². The molecule has 3 aromatic rings. The Hall–Kier alpha value is -3.93. The Morgan fingerprint density at radius 2 is 1.34 bits per heavy atom. The Morgan fingerprint density at radius 3 is 2.00 bits per heavy atom. The summed E-state index contributed by atoms with van der Waals surface area (Å²) in [6.45, 7) is 3.88. The SMILES string of the molecule is CC[C@@H](C)[C@H](NC(=O)c1ccccc1NC(=O)c1ccccc1)C(=O)Nc1ccccc1. The van der Waals surface area contributed by atoms with Crippen molar-refractivity contribution < 1.29 is 14.4 Å². The molecule has 0 saturated carbocycles. The van der Waals surface area contributed by atoms with E-state index in [0.29, 0.717) is 23.4 Å². The number of hydrogen-bond donors (Lipinski definition) is 3. The first-order chi connectivity index (χ1) is 15.5. The molecule has 0 aliphatic carbocycles. The number of rotatable bonds is 8. The second-order valence-electron chi connectivity index (χ2n) is 7.56. The number of carbonyl (C=O) groups is 3. The van der Waals surface area contributed by atoms with E-state index >= 15 is 0 Å². The molecule has 3 amide bonds. The molecule has 0 heterocycles. The van der Waals surface area contributed by atoms with Crippen LogP contribution in [0.3, 0.4) is 0 Å². The average molecular weight is 430 g/mol. The van der Waals surface area contributed by atoms with Crippen LogP contribution < -0.4 is 16.0 Å². The first kappa shape index (κ1) is 22.7. The lowest BCUT2D eigenvalue weighted by Crippen LogP contribution is -2.47. The second kappa shape index (κ2) is 10.9. The fraction of sp³-hybridized carbons (Fsp3) is 0.192. The van der Waals surface area contributed by atoms with E-state index in [-0.39, 0.29) is 23.3 Å². The summed E-state index contributed by atoms with van der Waals surface area (Å²) < 4.78 is 0. The second-order valence-corrected chi connectivity index (χ2v) is 7.56. The lowest BCUT2D eigenvalue weighted by molar-refractivity contribution is -0.119. The predicted molar refractivity (Wildman–Crippen MR) is 127 cm³/mol. The van der Waals surface area contributed by atoms with Crippen molar-refractivity contribution in [2.24, 2.45) is 5.92 Å². The molecule has 32 heavy (non-hydrogen) atoms. The fourth-order valence-electron chi connectivity index (χ4n) is 3.24. The van der Waals surface area contributed by atoms with Crippen LogP contribution in [0.15, 0.2) is 84.9 Å². The van der Waals surface area contributed by atoms with Gasteiger partial charge in [-0.2, -0.15) is 0 Å². The highest BCUT2D eigenvalue weighted by molar-refractivity contribution is 6.10. The standard InChI is InChI=1S/C26H27N3O3/c1-3-18(2)23(26(32)27-20-14-8-5-9-15-20)29-25(31)21-16-10-11-17-22(21)28-24(30)19-12-6-4-7-13-19/h4-18,23H,3H2,1-2H3,(H,27,32)(H,28,30)(H,29,31)/t18-,23+/m1/s1. The number of carbonyl (C=O) groups excluding carboxylic acids is 3. The van der Waals surface area contributed by atoms with Crippen LogP contribution in [0.4, 0.5) is 11.4 Å². The number of para-hydroxylation sites is 2. The summed E-state index contributed by atoms with van der Waals surface area (Å²) in [5.41, 5.74) is 1.82. The normalized spacial score (nSPS) is 12.3. The Balaban J connectivity index is 1.78. The van der Waals surface area contributed by atoms with Gasteiger partial charge in [0.1, 0.15) is 6.04 Å². The molecule has 0 unspecified atom stereocenters. The van der Waals surface area contributed by atoms with Crippen molar-refractivity contribution >= 4 is 29.1 Å². The lowest BCUT2D eigenvalue weighted by Gasteiger charge is -2.24. The largest absolute Gasteiger partial charge is 0.340 e. The summed E-state index contributed by atoms with van der Waals surface area (Å²) in [4.78, 5) is 38.6. The maximum absolute atomic E-state index is 13.1. The Morgan fingerprint density at radius 1 is 0.750 bits per heavy atom. The maximum atomic E-state index is 13.1. The quantitative estimate of drug-likeness (QED) is 0.484. The molecule has 3 N–H and O–H groups in total. The first-order valence-corrected chi connectivity index (χ1v) is 10.6. The summed E-state index contributed by atoms with van der Waals surface area (Å²) >= 11 is 0. The minimum atomic E-state index is -0.731. The van der Waals surface area contributed by atoms with Gasteiger partial charge in [0.15, 0.2) is 0 Å². The van der Waals surface area contributed by atoms with Crippen molar-refractivity contribution in [1.82, 2.24) is 5.32 Å². The van der Waals surface area contributed by atoms with E-state index in [0.717, 1.165) is 0 Å². The molecule has 0 fully saturated rings. The van der Waals surface area contributed by atoms with Gasteiger partial charge in [-0.3, -0.25) is 14.4 Å². The van der Waals surface area contributed by atoms with Gasteiger partial charge in [-0.1, -0.05) is 68.8 Å². The van der Waals surface area contributed by atoms with Crippen LogP contribution >= 0.6 is 0 Å². The van der Waals surface area contributed by atoms with Crippen LogP contribution in [0.5, 0.6) is 0 Å². The number of nitrogens with one attached hydrogen (secondary N) is 3. The molecule has 0 bridgehead atoms. The minimum absolute atomic E-state index is 0.0891. The Bertz CT molecular complexity index is 1070. The molecule has 0 radical (unpaired) electrons. The highest BCUT2D eigenvalue weighted by Gasteiger charge is 2.27. The average Bonchev–Trinajstić information content (AvgIpc) is 2.83. The van der Waals surface area contributed by atoms with Crippen LogP contribution in [-0.2, 0) is 4.79 Å². The van der Waals surface area contributed by atoms with Gasteiger partial charge in [-0.15, -0.1) is 0 Å². The first-order valence-electron chi connectivity index (χ1n) is 10.6. The van der Waals surface area contributed by atoms with Crippen molar-refractivity contribution in [1.29, 1.82) is 0 Å². The molecule has 0 aliphatic rings. The number of anilines is 2. The van der Waals surface area contributed by atoms with Gasteiger partial charge in [-0.05, 0) is 42.3 Å². The van der Waals surface area contributed by atoms with Gasteiger partial charge in [0, 0.05) is 11.3 Å². The van der Waals surface area contributed by atoms with Crippen molar-refractivity contribution in [2.75, 3.05) is 10.6 Å². The van der Waals surface area contributed by atoms with Crippen molar-refractivity contribution in [3.8, 4) is 0 Å². The van der Waals surface area contributed by atoms with Crippen LogP contribution in [0, 0.1) is 5.92 Å². The molecule has 3 aromatic carbocycles. The van der Waals surface area contributed by atoms with Crippen LogP contribution in [0.1, 0.15) is 41.0 Å². The van der Waals surface area contributed by atoms with E-state index in [1.54, 1.807) is 60.7 Å². The third-order valence-corrected chi connectivity index (χ3v) is 5.28. The number of hydrogen-bond acceptors (Lipinski definition) is 3. The molecule has 6 nitrogen and oxygen atoms in total. The molecular formula is C26H27N3O3. The van der Waals surface area contributed by atoms with Crippen molar-refractivity contribution in [2.45, 2.75) is 26.3 Å². The summed E-state index contributed by atoms with van der Waals surface area (Å²) in [6.07, 6.45) is 0.708. The third-order valence-electron chi connectivity index (χ3n) is 5.28. The van der Waals surface area contributed by atoms with Gasteiger partial charge >= 0.3 is 0 Å². The van der Waals surface area contributed by atoms with Gasteiger partial charge < -0.3 is 16.0 Å². The van der Waals surface area contributed by atoms with E-state index < -0.39 is 11.9 Å². The molecule has 6 heteroatoms. The van der Waals surface area contributed by atoms with E-state index in [9.17, 15) is 14.4 Å². The summed E-state index contributed by atoms with van der Waals surface area (Å²) in [6, 6.07) is 23.9. The molecule has 0 aromatic heterocycles. The number of benzene rings is 3. The maximum Gasteiger partial charge on any atom is 0.255 e. The Kier molecular flexibility index (Phi) is 7.75. The van der Waals surface area contributed by atoms with Gasteiger partial charge in [0.25, 0.3) is 11.8 Å². The van der Waals surface area contributed by atoms with E-state index in [2.05, 4.69) is 16.0 Å². The molecule has 0 aliphatic heterocycles. The molecule has 0 spiro atoms. The zero-order chi connectivity index (χ0) is 22.9. The van der Waals surface area contributed by atoms with Crippen molar-refractivity contribution in [3.05, 3.63) is 96.1 Å². The van der Waals surface area contributed by atoms with E-state index in [1.165, 1.54) is 0 Å². The summed E-state index contributed by atoms with van der Waals surface area (Å²) in [7, 11) is 0. The van der Waals surface area contributed by atoms with Crippen molar-refractivity contribution in [3.63, 3.8) is 0 Å². The van der Waals surface area contributed by atoms with E-state index in [4.69, 9.17) is 0 Å². The van der Waals surface area contributed by atoms with Crippen LogP contribution in [-0.4, -0.2) is 23.8 Å². The third kappa shape index (κ3) is 5.82. The molecular weight excluding hydrogens is 402 g/mol. The monoisotopic (exact) mass is 429 g/mol. The summed E-state index contributed by atoms with van der Waals surface area (Å²) in [5.74, 6) is -1.12. The molecule has 3 rings (SSSR count). The summed E-state index contributed by atoms with van der Waals surface area (Å²) in [5, 5.41) is 8.51. The lowest BCUT2D eigenvalue weighted by atomic mass is 9.97. The Labute approximate surface area is 188 Å². The molecule has 164 valence electrons.